The lowest BCUT2D eigenvalue weighted by molar-refractivity contribution is -0.138. The van der Waals surface area contributed by atoms with E-state index < -0.39 is 11.7 Å². The monoisotopic (exact) mass is 284 g/mol. The van der Waals surface area contributed by atoms with Crippen molar-refractivity contribution in [3.05, 3.63) is 29.3 Å². The van der Waals surface area contributed by atoms with Crippen molar-refractivity contribution in [1.82, 2.24) is 0 Å². The fourth-order valence-electron chi connectivity index (χ4n) is 2.62. The van der Waals surface area contributed by atoms with Crippen molar-refractivity contribution in [3.63, 3.8) is 0 Å². The minimum Gasteiger partial charge on any atom is -0.368 e. The van der Waals surface area contributed by atoms with Gasteiger partial charge in [-0.3, -0.25) is 0 Å². The second-order valence-electron chi connectivity index (χ2n) is 5.87. The summed E-state index contributed by atoms with van der Waals surface area (Å²) in [6.07, 6.45) is 0.255. The SMILES string of the molecule is NCc1ccc(N(CC2CC2)C2CC2)cc1C(F)(F)F. The molecular weight excluding hydrogens is 265 g/mol. The molecule has 110 valence electrons. The molecule has 0 heterocycles. The Morgan fingerprint density at radius 2 is 1.85 bits per heavy atom. The zero-order valence-corrected chi connectivity index (χ0v) is 11.3. The standard InChI is InChI=1S/C15H19F3N2/c16-15(17,18)14-7-13(4-3-11(14)8-19)20(12-5-6-12)9-10-1-2-10/h3-4,7,10,12H,1-2,5-6,8-9,19H2. The lowest BCUT2D eigenvalue weighted by Gasteiger charge is -2.26. The summed E-state index contributed by atoms with van der Waals surface area (Å²) >= 11 is 0. The van der Waals surface area contributed by atoms with E-state index in [0.717, 1.165) is 19.4 Å². The number of hydrogen-bond acceptors (Lipinski definition) is 2. The van der Waals surface area contributed by atoms with Crippen LogP contribution in [0.5, 0.6) is 0 Å². The van der Waals surface area contributed by atoms with Gasteiger partial charge in [0.15, 0.2) is 0 Å². The molecule has 0 bridgehead atoms. The zero-order chi connectivity index (χ0) is 14.3. The molecular formula is C15H19F3N2. The van der Waals surface area contributed by atoms with Crippen LogP contribution in [0.2, 0.25) is 0 Å². The van der Waals surface area contributed by atoms with Gasteiger partial charge in [0.05, 0.1) is 5.56 Å². The Morgan fingerprint density at radius 1 is 1.15 bits per heavy atom. The van der Waals surface area contributed by atoms with Gasteiger partial charge in [-0.2, -0.15) is 13.2 Å². The maximum atomic E-state index is 13.1. The molecule has 2 nitrogen and oxygen atoms in total. The van der Waals surface area contributed by atoms with Gasteiger partial charge in [-0.05, 0) is 49.3 Å². The van der Waals surface area contributed by atoms with Crippen LogP contribution in [0.25, 0.3) is 0 Å². The van der Waals surface area contributed by atoms with E-state index in [0.29, 0.717) is 17.6 Å². The Kier molecular flexibility index (Phi) is 3.40. The van der Waals surface area contributed by atoms with Crippen molar-refractivity contribution < 1.29 is 13.2 Å². The molecule has 2 N–H and O–H groups in total. The van der Waals surface area contributed by atoms with E-state index in [2.05, 4.69) is 4.90 Å². The average Bonchev–Trinajstić information content (AvgIpc) is 3.26. The molecule has 1 aromatic carbocycles. The molecule has 20 heavy (non-hydrogen) atoms. The maximum Gasteiger partial charge on any atom is 0.416 e. The van der Waals surface area contributed by atoms with Gasteiger partial charge in [0.2, 0.25) is 0 Å². The maximum absolute atomic E-state index is 13.1. The summed E-state index contributed by atoms with van der Waals surface area (Å²) in [4.78, 5) is 2.16. The molecule has 1 aromatic rings. The van der Waals surface area contributed by atoms with E-state index >= 15 is 0 Å². The Bertz CT molecular complexity index is 490. The summed E-state index contributed by atoms with van der Waals surface area (Å²) in [5.74, 6) is 0.666. The van der Waals surface area contributed by atoms with Crippen molar-refractivity contribution in [2.45, 2.75) is 44.4 Å². The third-order valence-electron chi connectivity index (χ3n) is 4.09. The van der Waals surface area contributed by atoms with Crippen molar-refractivity contribution in [2.75, 3.05) is 11.4 Å². The van der Waals surface area contributed by atoms with Crippen LogP contribution >= 0.6 is 0 Å². The van der Waals surface area contributed by atoms with E-state index in [9.17, 15) is 13.2 Å². The zero-order valence-electron chi connectivity index (χ0n) is 11.3. The van der Waals surface area contributed by atoms with Crippen LogP contribution in [0.1, 0.15) is 36.8 Å². The molecule has 0 radical (unpaired) electrons. The summed E-state index contributed by atoms with van der Waals surface area (Å²) in [5.41, 5.74) is 5.71. The van der Waals surface area contributed by atoms with Crippen molar-refractivity contribution >= 4 is 5.69 Å². The number of rotatable bonds is 5. The number of nitrogens with two attached hydrogens (primary N) is 1. The van der Waals surface area contributed by atoms with Gasteiger partial charge in [-0.1, -0.05) is 6.07 Å². The van der Waals surface area contributed by atoms with Crippen LogP contribution in [0.4, 0.5) is 18.9 Å². The highest BCUT2D eigenvalue weighted by Gasteiger charge is 2.37. The van der Waals surface area contributed by atoms with Crippen molar-refractivity contribution in [1.29, 1.82) is 0 Å². The number of nitrogens with zero attached hydrogens (tertiary/aromatic N) is 1. The second kappa shape index (κ2) is 4.95. The first kappa shape index (κ1) is 13.7. The van der Waals surface area contributed by atoms with E-state index in [4.69, 9.17) is 5.73 Å². The molecule has 3 rings (SSSR count). The normalized spacial score (nSPS) is 19.2. The molecule has 2 aliphatic rings. The molecule has 2 fully saturated rings. The summed E-state index contributed by atoms with van der Waals surface area (Å²) in [6.45, 7) is 0.811. The first-order valence-corrected chi connectivity index (χ1v) is 7.16. The van der Waals surface area contributed by atoms with Crippen LogP contribution in [0.3, 0.4) is 0 Å². The minimum absolute atomic E-state index is 0.0822. The molecule has 0 amide bonds. The second-order valence-corrected chi connectivity index (χ2v) is 5.87. The highest BCUT2D eigenvalue weighted by Crippen LogP contribution is 2.40. The van der Waals surface area contributed by atoms with Gasteiger partial charge in [-0.25, -0.2) is 0 Å². The Balaban J connectivity index is 1.91. The molecule has 0 unspecified atom stereocenters. The van der Waals surface area contributed by atoms with Crippen LogP contribution in [-0.2, 0) is 12.7 Å². The van der Waals surface area contributed by atoms with E-state index in [1.165, 1.54) is 25.0 Å². The topological polar surface area (TPSA) is 29.3 Å². The summed E-state index contributed by atoms with van der Waals surface area (Å²) < 4.78 is 39.3. The summed E-state index contributed by atoms with van der Waals surface area (Å²) in [6, 6.07) is 5.03. The van der Waals surface area contributed by atoms with E-state index in [1.807, 2.05) is 0 Å². The predicted molar refractivity (Wildman–Crippen MR) is 72.4 cm³/mol. The number of benzene rings is 1. The fourth-order valence-corrected chi connectivity index (χ4v) is 2.62. The Labute approximate surface area is 116 Å². The van der Waals surface area contributed by atoms with Crippen LogP contribution in [0, 0.1) is 5.92 Å². The minimum atomic E-state index is -4.33. The molecule has 0 aromatic heterocycles. The first-order chi connectivity index (χ1) is 9.49. The van der Waals surface area contributed by atoms with Gasteiger partial charge in [0.1, 0.15) is 0 Å². The third-order valence-corrected chi connectivity index (χ3v) is 4.09. The number of alkyl halides is 3. The van der Waals surface area contributed by atoms with E-state index in [1.54, 1.807) is 6.07 Å². The number of hydrogen-bond donors (Lipinski definition) is 1. The quantitative estimate of drug-likeness (QED) is 0.896. The first-order valence-electron chi connectivity index (χ1n) is 7.16. The van der Waals surface area contributed by atoms with Gasteiger partial charge >= 0.3 is 6.18 Å². The van der Waals surface area contributed by atoms with Gasteiger partial charge in [-0.15, -0.1) is 0 Å². The largest absolute Gasteiger partial charge is 0.416 e. The lowest BCUT2D eigenvalue weighted by atomic mass is 10.1. The molecule has 5 heteroatoms. The van der Waals surface area contributed by atoms with Crippen molar-refractivity contribution in [3.8, 4) is 0 Å². The van der Waals surface area contributed by atoms with Gasteiger partial charge in [0, 0.05) is 24.8 Å². The van der Waals surface area contributed by atoms with Crippen LogP contribution in [0.15, 0.2) is 18.2 Å². The van der Waals surface area contributed by atoms with Crippen LogP contribution < -0.4 is 10.6 Å². The fraction of sp³-hybridized carbons (Fsp3) is 0.600. The molecule has 2 aliphatic carbocycles. The highest BCUT2D eigenvalue weighted by atomic mass is 19.4. The summed E-state index contributed by atoms with van der Waals surface area (Å²) in [7, 11) is 0. The van der Waals surface area contributed by atoms with Gasteiger partial charge < -0.3 is 10.6 Å². The predicted octanol–water partition coefficient (Wildman–Crippen LogP) is 3.54. The molecule has 2 saturated carbocycles. The molecule has 0 aliphatic heterocycles. The molecule has 0 spiro atoms. The Morgan fingerprint density at radius 3 is 2.35 bits per heavy atom. The third kappa shape index (κ3) is 2.92. The van der Waals surface area contributed by atoms with E-state index in [-0.39, 0.29) is 12.1 Å². The molecule has 0 saturated heterocycles. The summed E-state index contributed by atoms with van der Waals surface area (Å²) in [5, 5.41) is 0. The van der Waals surface area contributed by atoms with Gasteiger partial charge in [0.25, 0.3) is 0 Å². The lowest BCUT2D eigenvalue weighted by Crippen LogP contribution is -2.28. The smallest absolute Gasteiger partial charge is 0.368 e. The Hall–Kier alpha value is -1.23. The number of halogens is 3. The molecule has 0 atom stereocenters. The highest BCUT2D eigenvalue weighted by molar-refractivity contribution is 5.53. The number of anilines is 1. The van der Waals surface area contributed by atoms with Crippen molar-refractivity contribution in [2.24, 2.45) is 11.7 Å². The van der Waals surface area contributed by atoms with Crippen LogP contribution in [-0.4, -0.2) is 12.6 Å². The average molecular weight is 284 g/mol.